The molecule has 0 unspecified atom stereocenters. The Morgan fingerprint density at radius 3 is 2.58 bits per heavy atom. The molecule has 1 atom stereocenters. The first kappa shape index (κ1) is 16.0. The monoisotopic (exact) mass is 300 g/mol. The average molecular weight is 300 g/mol. The summed E-state index contributed by atoms with van der Waals surface area (Å²) in [7, 11) is -0.989. The van der Waals surface area contributed by atoms with Gasteiger partial charge in [0.05, 0.1) is 0 Å². The number of thioether (sulfide) groups is 1. The van der Waals surface area contributed by atoms with Crippen molar-refractivity contribution in [3.05, 3.63) is 24.3 Å². The minimum atomic E-state index is -0.989. The van der Waals surface area contributed by atoms with E-state index in [1.165, 1.54) is 0 Å². The van der Waals surface area contributed by atoms with E-state index >= 15 is 0 Å². The van der Waals surface area contributed by atoms with Gasteiger partial charge in [0.2, 0.25) is 0 Å². The van der Waals surface area contributed by atoms with Crippen LogP contribution in [-0.2, 0) is 10.8 Å². The van der Waals surface area contributed by atoms with Crippen LogP contribution in [0.25, 0.3) is 0 Å². The quantitative estimate of drug-likeness (QED) is 0.761. The Morgan fingerprint density at radius 2 is 2.00 bits per heavy atom. The van der Waals surface area contributed by atoms with E-state index in [0.29, 0.717) is 12.2 Å². The fraction of sp³-hybridized carbons (Fsp3) is 0.462. The molecule has 19 heavy (non-hydrogen) atoms. The largest absolute Gasteiger partial charge is 0.338 e. The number of amides is 2. The molecule has 0 aliphatic rings. The Labute approximate surface area is 121 Å². The number of urea groups is 1. The number of hydrogen-bond acceptors (Lipinski definition) is 3. The summed E-state index contributed by atoms with van der Waals surface area (Å²) >= 11 is 1.87. The zero-order valence-electron chi connectivity index (χ0n) is 11.3. The van der Waals surface area contributed by atoms with Gasteiger partial charge in [-0.05, 0) is 42.2 Å². The van der Waals surface area contributed by atoms with E-state index in [-0.39, 0.29) is 6.03 Å². The molecule has 4 nitrogen and oxygen atoms in total. The van der Waals surface area contributed by atoms with Crippen LogP contribution in [0.5, 0.6) is 0 Å². The lowest BCUT2D eigenvalue weighted by Gasteiger charge is -2.07. The lowest BCUT2D eigenvalue weighted by Crippen LogP contribution is -2.29. The minimum absolute atomic E-state index is 0.202. The molecule has 1 aromatic rings. The van der Waals surface area contributed by atoms with Crippen LogP contribution in [0.15, 0.2) is 29.2 Å². The van der Waals surface area contributed by atoms with E-state index in [9.17, 15) is 9.00 Å². The van der Waals surface area contributed by atoms with E-state index in [4.69, 9.17) is 0 Å². The molecule has 0 aliphatic heterocycles. The third-order valence-electron chi connectivity index (χ3n) is 2.40. The fourth-order valence-corrected chi connectivity index (χ4v) is 2.58. The molecule has 0 fully saturated rings. The molecule has 0 bridgehead atoms. The molecule has 0 saturated heterocycles. The molecule has 0 heterocycles. The summed E-state index contributed by atoms with van der Waals surface area (Å²) in [5.74, 6) is 2.17. The summed E-state index contributed by atoms with van der Waals surface area (Å²) in [5, 5.41) is 5.55. The Kier molecular flexibility index (Phi) is 7.59. The highest BCUT2D eigenvalue weighted by molar-refractivity contribution is 7.99. The van der Waals surface area contributed by atoms with Crippen LogP contribution in [0.2, 0.25) is 0 Å². The first-order valence-electron chi connectivity index (χ1n) is 6.19. The number of anilines is 1. The van der Waals surface area contributed by atoms with Crippen LogP contribution in [0.1, 0.15) is 13.3 Å². The fourth-order valence-electron chi connectivity index (χ4n) is 1.43. The van der Waals surface area contributed by atoms with Crippen LogP contribution in [-0.4, -0.2) is 34.5 Å². The maximum absolute atomic E-state index is 11.6. The van der Waals surface area contributed by atoms with Crippen molar-refractivity contribution < 1.29 is 9.00 Å². The number of rotatable bonds is 7. The second-order valence-corrected chi connectivity index (χ2v) is 6.68. The molecule has 1 rings (SSSR count). The predicted molar refractivity (Wildman–Crippen MR) is 83.4 cm³/mol. The van der Waals surface area contributed by atoms with Crippen LogP contribution >= 0.6 is 11.8 Å². The molecular weight excluding hydrogens is 280 g/mol. The molecule has 1 aromatic carbocycles. The second kappa shape index (κ2) is 8.98. The van der Waals surface area contributed by atoms with Crippen molar-refractivity contribution in [2.75, 3.05) is 29.6 Å². The standard InChI is InChI=1S/C13H20N2O2S2/c1-3-18-10-4-9-14-13(16)15-11-5-7-12(8-6-11)19(2)17/h5-8H,3-4,9-10H2,1-2H3,(H2,14,15,16)/t19-/m1/s1. The Bertz CT molecular complexity index is 421. The molecule has 106 valence electrons. The summed E-state index contributed by atoms with van der Waals surface area (Å²) < 4.78 is 11.2. The van der Waals surface area contributed by atoms with Crippen molar-refractivity contribution in [2.24, 2.45) is 0 Å². The second-order valence-electron chi connectivity index (χ2n) is 3.91. The summed E-state index contributed by atoms with van der Waals surface area (Å²) in [4.78, 5) is 12.3. The summed E-state index contributed by atoms with van der Waals surface area (Å²) in [6.07, 6.45) is 2.60. The van der Waals surface area contributed by atoms with Gasteiger partial charge < -0.3 is 10.6 Å². The summed E-state index contributed by atoms with van der Waals surface area (Å²) in [6.45, 7) is 2.80. The van der Waals surface area contributed by atoms with E-state index in [1.54, 1.807) is 30.5 Å². The van der Waals surface area contributed by atoms with Gasteiger partial charge in [-0.3, -0.25) is 4.21 Å². The summed E-state index contributed by atoms with van der Waals surface area (Å²) in [5.41, 5.74) is 0.703. The van der Waals surface area contributed by atoms with Gasteiger partial charge in [-0.15, -0.1) is 0 Å². The van der Waals surface area contributed by atoms with Crippen LogP contribution in [0, 0.1) is 0 Å². The number of benzene rings is 1. The maximum Gasteiger partial charge on any atom is 0.319 e. The third kappa shape index (κ3) is 6.63. The van der Waals surface area contributed by atoms with Crippen LogP contribution in [0.4, 0.5) is 10.5 Å². The van der Waals surface area contributed by atoms with Crippen molar-refractivity contribution in [3.63, 3.8) is 0 Å². The first-order chi connectivity index (χ1) is 9.13. The normalized spacial score (nSPS) is 11.9. The zero-order chi connectivity index (χ0) is 14.1. The predicted octanol–water partition coefficient (Wildman–Crippen LogP) is 2.69. The molecule has 6 heteroatoms. The van der Waals surface area contributed by atoms with Crippen molar-refractivity contribution in [1.82, 2.24) is 5.32 Å². The minimum Gasteiger partial charge on any atom is -0.338 e. The highest BCUT2D eigenvalue weighted by Crippen LogP contribution is 2.11. The smallest absolute Gasteiger partial charge is 0.319 e. The molecular formula is C13H20N2O2S2. The van der Waals surface area contributed by atoms with Gasteiger partial charge in [0.25, 0.3) is 0 Å². The maximum atomic E-state index is 11.6. The summed E-state index contributed by atoms with van der Waals surface area (Å²) in [6, 6.07) is 6.81. The van der Waals surface area contributed by atoms with Crippen molar-refractivity contribution in [3.8, 4) is 0 Å². The molecule has 0 aliphatic carbocycles. The van der Waals surface area contributed by atoms with E-state index in [1.807, 2.05) is 11.8 Å². The average Bonchev–Trinajstić information content (AvgIpc) is 2.39. The lowest BCUT2D eigenvalue weighted by molar-refractivity contribution is 0.252. The lowest BCUT2D eigenvalue weighted by atomic mass is 10.3. The van der Waals surface area contributed by atoms with E-state index in [0.717, 1.165) is 22.8 Å². The van der Waals surface area contributed by atoms with Gasteiger partial charge >= 0.3 is 6.03 Å². The van der Waals surface area contributed by atoms with Crippen molar-refractivity contribution in [2.45, 2.75) is 18.2 Å². The first-order valence-corrected chi connectivity index (χ1v) is 8.91. The van der Waals surface area contributed by atoms with Gasteiger partial charge in [-0.1, -0.05) is 6.92 Å². The third-order valence-corrected chi connectivity index (χ3v) is 4.32. The van der Waals surface area contributed by atoms with Gasteiger partial charge in [0.1, 0.15) is 0 Å². The van der Waals surface area contributed by atoms with Crippen molar-refractivity contribution in [1.29, 1.82) is 0 Å². The molecule has 0 spiro atoms. The Hall–Kier alpha value is -1.01. The van der Waals surface area contributed by atoms with Crippen LogP contribution in [0.3, 0.4) is 0 Å². The van der Waals surface area contributed by atoms with Gasteiger partial charge in [-0.2, -0.15) is 11.8 Å². The topological polar surface area (TPSA) is 58.2 Å². The SMILES string of the molecule is CCSCCCNC(=O)Nc1ccc([S@@](C)=O)cc1. The van der Waals surface area contributed by atoms with Gasteiger partial charge in [0.15, 0.2) is 0 Å². The Balaban J connectivity index is 2.30. The number of nitrogens with one attached hydrogen (secondary N) is 2. The van der Waals surface area contributed by atoms with E-state index in [2.05, 4.69) is 17.6 Å². The highest BCUT2D eigenvalue weighted by Gasteiger charge is 2.02. The number of hydrogen-bond donors (Lipinski definition) is 2. The van der Waals surface area contributed by atoms with E-state index < -0.39 is 10.8 Å². The van der Waals surface area contributed by atoms with Gasteiger partial charge in [-0.25, -0.2) is 4.79 Å². The van der Waals surface area contributed by atoms with Crippen LogP contribution < -0.4 is 10.6 Å². The highest BCUT2D eigenvalue weighted by atomic mass is 32.2. The number of carbonyl (C=O) groups is 1. The zero-order valence-corrected chi connectivity index (χ0v) is 12.9. The van der Waals surface area contributed by atoms with Gasteiger partial charge in [0, 0.05) is 34.2 Å². The van der Waals surface area contributed by atoms with Crippen molar-refractivity contribution >= 4 is 34.3 Å². The number of carbonyl (C=O) groups excluding carboxylic acids is 1. The molecule has 0 radical (unpaired) electrons. The molecule has 2 N–H and O–H groups in total. The molecule has 0 saturated carbocycles. The Morgan fingerprint density at radius 1 is 1.32 bits per heavy atom. The molecule has 2 amide bonds. The molecule has 0 aromatic heterocycles.